The topological polar surface area (TPSA) is 143 Å². The number of nitrogens with two attached hydrogens (primary N) is 1. The van der Waals surface area contributed by atoms with Crippen LogP contribution in [0.5, 0.6) is 0 Å². The van der Waals surface area contributed by atoms with Crippen molar-refractivity contribution in [1.29, 1.82) is 0 Å². The molecule has 0 aliphatic carbocycles. The quantitative estimate of drug-likeness (QED) is 0.301. The minimum atomic E-state index is -0.784. The van der Waals surface area contributed by atoms with Crippen molar-refractivity contribution in [3.8, 4) is 0 Å². The molecule has 0 aliphatic heterocycles. The second kappa shape index (κ2) is 12.7. The summed E-state index contributed by atoms with van der Waals surface area (Å²) in [5.74, 6) is -1.32. The molecular formula is C24H40N4O5. The number of hydrogen-bond donors (Lipinski definition) is 5. The summed E-state index contributed by atoms with van der Waals surface area (Å²) < 4.78 is 5.82. The maximum absolute atomic E-state index is 12.6. The third kappa shape index (κ3) is 11.8. The van der Waals surface area contributed by atoms with Crippen LogP contribution in [0.1, 0.15) is 59.9 Å². The van der Waals surface area contributed by atoms with Crippen LogP contribution in [0.3, 0.4) is 0 Å². The molecule has 1 aromatic carbocycles. The van der Waals surface area contributed by atoms with Crippen LogP contribution in [0.2, 0.25) is 0 Å². The average Bonchev–Trinajstić information content (AvgIpc) is 2.69. The molecule has 0 saturated carbocycles. The van der Waals surface area contributed by atoms with Crippen LogP contribution in [0.4, 0.5) is 5.69 Å². The van der Waals surface area contributed by atoms with Gasteiger partial charge in [-0.25, -0.2) is 0 Å². The SMILES string of the molecule is CC(C)C(NC(=O)CC(C)(C)OCCC(C)(C)N)C(=O)NCC(=O)Nc1ccc(CO)cc1. The summed E-state index contributed by atoms with van der Waals surface area (Å²) in [4.78, 5) is 37.4. The Morgan fingerprint density at radius 2 is 1.67 bits per heavy atom. The van der Waals surface area contributed by atoms with Crippen LogP contribution in [-0.4, -0.2) is 53.2 Å². The minimum absolute atomic E-state index is 0.0816. The van der Waals surface area contributed by atoms with Gasteiger partial charge in [-0.3, -0.25) is 14.4 Å². The molecule has 1 rings (SSSR count). The molecule has 0 bridgehead atoms. The second-order valence-corrected chi connectivity index (χ2v) is 9.93. The van der Waals surface area contributed by atoms with E-state index in [9.17, 15) is 14.4 Å². The van der Waals surface area contributed by atoms with Crippen molar-refractivity contribution in [2.45, 2.75) is 78.2 Å². The molecule has 9 nitrogen and oxygen atoms in total. The van der Waals surface area contributed by atoms with E-state index in [0.717, 1.165) is 5.56 Å². The summed E-state index contributed by atoms with van der Waals surface area (Å²) in [6.45, 7) is 11.2. The number of rotatable bonds is 13. The third-order valence-electron chi connectivity index (χ3n) is 4.93. The Morgan fingerprint density at radius 3 is 2.18 bits per heavy atom. The zero-order valence-electron chi connectivity index (χ0n) is 20.7. The largest absolute Gasteiger partial charge is 0.392 e. The summed E-state index contributed by atoms with van der Waals surface area (Å²) in [6.07, 6.45) is 0.738. The van der Waals surface area contributed by atoms with Gasteiger partial charge in [-0.1, -0.05) is 26.0 Å². The average molecular weight is 465 g/mol. The maximum atomic E-state index is 12.6. The first-order valence-corrected chi connectivity index (χ1v) is 11.2. The number of carbonyl (C=O) groups is 3. The number of nitrogens with one attached hydrogen (secondary N) is 3. The van der Waals surface area contributed by atoms with Crippen molar-refractivity contribution in [3.05, 3.63) is 29.8 Å². The van der Waals surface area contributed by atoms with E-state index in [0.29, 0.717) is 18.7 Å². The summed E-state index contributed by atoms with van der Waals surface area (Å²) in [6, 6.07) is 5.94. The highest BCUT2D eigenvalue weighted by molar-refractivity contribution is 5.96. The second-order valence-electron chi connectivity index (χ2n) is 9.93. The highest BCUT2D eigenvalue weighted by atomic mass is 16.5. The van der Waals surface area contributed by atoms with Crippen LogP contribution >= 0.6 is 0 Å². The Labute approximate surface area is 196 Å². The summed E-state index contributed by atoms with van der Waals surface area (Å²) in [5.41, 5.74) is 6.19. The number of carbonyl (C=O) groups excluding carboxylic acids is 3. The van der Waals surface area contributed by atoms with E-state index in [2.05, 4.69) is 16.0 Å². The Morgan fingerprint density at radius 1 is 1.06 bits per heavy atom. The van der Waals surface area contributed by atoms with E-state index in [4.69, 9.17) is 15.6 Å². The van der Waals surface area contributed by atoms with Gasteiger partial charge in [0, 0.05) is 17.8 Å². The predicted octanol–water partition coefficient (Wildman–Crippen LogP) is 1.69. The van der Waals surface area contributed by atoms with Gasteiger partial charge >= 0.3 is 0 Å². The highest BCUT2D eigenvalue weighted by Gasteiger charge is 2.29. The summed E-state index contributed by atoms with van der Waals surface area (Å²) in [5, 5.41) is 17.1. The van der Waals surface area contributed by atoms with Crippen LogP contribution in [0.15, 0.2) is 24.3 Å². The lowest BCUT2D eigenvalue weighted by atomic mass is 10.00. The van der Waals surface area contributed by atoms with Gasteiger partial charge < -0.3 is 31.5 Å². The first-order chi connectivity index (χ1) is 15.2. The number of hydrogen-bond acceptors (Lipinski definition) is 6. The molecule has 6 N–H and O–H groups in total. The molecule has 3 amide bonds. The summed E-state index contributed by atoms with van der Waals surface area (Å²) in [7, 11) is 0. The van der Waals surface area contributed by atoms with Crippen molar-refractivity contribution in [1.82, 2.24) is 10.6 Å². The van der Waals surface area contributed by atoms with E-state index < -0.39 is 23.5 Å². The van der Waals surface area contributed by atoms with E-state index in [1.165, 1.54) is 0 Å². The van der Waals surface area contributed by atoms with Gasteiger partial charge in [0.25, 0.3) is 0 Å². The molecule has 0 radical (unpaired) electrons. The van der Waals surface area contributed by atoms with E-state index >= 15 is 0 Å². The number of amides is 3. The molecule has 9 heteroatoms. The Hall–Kier alpha value is -2.49. The van der Waals surface area contributed by atoms with Crippen LogP contribution in [-0.2, 0) is 25.7 Å². The van der Waals surface area contributed by atoms with E-state index in [1.807, 2.05) is 41.5 Å². The van der Waals surface area contributed by atoms with Crippen LogP contribution < -0.4 is 21.7 Å². The normalized spacial score (nSPS) is 12.9. The number of aliphatic hydroxyl groups excluding tert-OH is 1. The Kier molecular flexibility index (Phi) is 11.0. The smallest absolute Gasteiger partial charge is 0.243 e. The van der Waals surface area contributed by atoms with Gasteiger partial charge in [0.1, 0.15) is 6.04 Å². The number of benzene rings is 1. The number of aliphatic hydroxyl groups is 1. The van der Waals surface area contributed by atoms with Crippen LogP contribution in [0.25, 0.3) is 0 Å². The molecule has 186 valence electrons. The molecule has 0 heterocycles. The third-order valence-corrected chi connectivity index (χ3v) is 4.93. The zero-order chi connectivity index (χ0) is 25.2. The molecular weight excluding hydrogens is 424 g/mol. The minimum Gasteiger partial charge on any atom is -0.392 e. The lowest BCUT2D eigenvalue weighted by Gasteiger charge is -2.28. The summed E-state index contributed by atoms with van der Waals surface area (Å²) >= 11 is 0. The monoisotopic (exact) mass is 464 g/mol. The molecule has 0 aromatic heterocycles. The van der Waals surface area contributed by atoms with Gasteiger partial charge in [-0.15, -0.1) is 0 Å². The molecule has 0 fully saturated rings. The first-order valence-electron chi connectivity index (χ1n) is 11.2. The van der Waals surface area contributed by atoms with E-state index in [-0.39, 0.29) is 36.9 Å². The fraction of sp³-hybridized carbons (Fsp3) is 0.625. The molecule has 1 unspecified atom stereocenters. The van der Waals surface area contributed by atoms with Gasteiger partial charge in [0.05, 0.1) is 25.2 Å². The Balaban J connectivity index is 2.55. The van der Waals surface area contributed by atoms with Crippen molar-refractivity contribution in [2.75, 3.05) is 18.5 Å². The Bertz CT molecular complexity index is 785. The highest BCUT2D eigenvalue weighted by Crippen LogP contribution is 2.17. The van der Waals surface area contributed by atoms with E-state index in [1.54, 1.807) is 24.3 Å². The van der Waals surface area contributed by atoms with Crippen molar-refractivity contribution >= 4 is 23.4 Å². The van der Waals surface area contributed by atoms with Crippen molar-refractivity contribution in [2.24, 2.45) is 11.7 Å². The van der Waals surface area contributed by atoms with Gasteiger partial charge in [-0.2, -0.15) is 0 Å². The number of anilines is 1. The first kappa shape index (κ1) is 28.5. The van der Waals surface area contributed by atoms with Crippen LogP contribution in [0, 0.1) is 5.92 Å². The van der Waals surface area contributed by atoms with Gasteiger partial charge in [0.2, 0.25) is 17.7 Å². The molecule has 33 heavy (non-hydrogen) atoms. The van der Waals surface area contributed by atoms with Gasteiger partial charge in [0.15, 0.2) is 0 Å². The molecule has 1 atom stereocenters. The lowest BCUT2D eigenvalue weighted by Crippen LogP contribution is -2.52. The predicted molar refractivity (Wildman–Crippen MR) is 128 cm³/mol. The van der Waals surface area contributed by atoms with Crippen molar-refractivity contribution < 1.29 is 24.2 Å². The molecule has 0 aliphatic rings. The van der Waals surface area contributed by atoms with Crippen molar-refractivity contribution in [3.63, 3.8) is 0 Å². The molecule has 1 aromatic rings. The zero-order valence-corrected chi connectivity index (χ0v) is 20.7. The number of ether oxygens (including phenoxy) is 1. The molecule has 0 spiro atoms. The molecule has 0 saturated heterocycles. The standard InChI is InChI=1S/C24H40N4O5/c1-16(2)21(28-19(30)13-24(5,6)33-12-11-23(3,4)25)22(32)26-14-20(31)27-18-9-7-17(15-29)8-10-18/h7-10,16,21,29H,11-15,25H2,1-6H3,(H,26,32)(H,27,31)(H,28,30). The maximum Gasteiger partial charge on any atom is 0.243 e. The van der Waals surface area contributed by atoms with Gasteiger partial charge in [-0.05, 0) is 57.7 Å². The lowest BCUT2D eigenvalue weighted by molar-refractivity contribution is -0.134. The fourth-order valence-corrected chi connectivity index (χ4v) is 2.96. The fourth-order valence-electron chi connectivity index (χ4n) is 2.96.